The van der Waals surface area contributed by atoms with E-state index in [0.717, 1.165) is 36.6 Å². The number of rotatable bonds is 13. The van der Waals surface area contributed by atoms with E-state index in [1.165, 1.54) is 11.8 Å². The lowest BCUT2D eigenvalue weighted by molar-refractivity contribution is 0.00786. The number of halogens is 2. The topological polar surface area (TPSA) is 100 Å². The number of ether oxygens (including phenoxy) is 1. The van der Waals surface area contributed by atoms with Crippen molar-refractivity contribution in [1.82, 2.24) is 19.7 Å². The molecule has 0 radical (unpaired) electrons. The molecule has 1 fully saturated rings. The van der Waals surface area contributed by atoms with Crippen LogP contribution in [0, 0.1) is 0 Å². The number of benzene rings is 1. The number of thioether (sulfide) groups is 1. The predicted molar refractivity (Wildman–Crippen MR) is 159 cm³/mol. The van der Waals surface area contributed by atoms with E-state index in [0.29, 0.717) is 35.4 Å². The average molecular weight is 617 g/mol. The molecule has 2 aromatic heterocycles. The monoisotopic (exact) mass is 615 g/mol. The molecule has 4 rings (SSSR count). The molecule has 1 saturated heterocycles. The van der Waals surface area contributed by atoms with Crippen LogP contribution < -0.4 is 5.32 Å². The van der Waals surface area contributed by atoms with Crippen molar-refractivity contribution < 1.29 is 18.3 Å². The van der Waals surface area contributed by atoms with E-state index in [9.17, 15) is 4.57 Å². The third-order valence-electron chi connectivity index (χ3n) is 5.94. The van der Waals surface area contributed by atoms with Crippen LogP contribution in [0.15, 0.2) is 30.5 Å². The minimum atomic E-state index is -3.22. The van der Waals surface area contributed by atoms with Gasteiger partial charge in [-0.1, -0.05) is 43.1 Å². The van der Waals surface area contributed by atoms with Gasteiger partial charge in [0.15, 0.2) is 11.9 Å². The first kappa shape index (κ1) is 30.6. The zero-order chi connectivity index (χ0) is 28.0. The summed E-state index contributed by atoms with van der Waals surface area (Å²) in [4.78, 5) is 8.80. The summed E-state index contributed by atoms with van der Waals surface area (Å²) in [5, 5.41) is 9.41. The van der Waals surface area contributed by atoms with Crippen LogP contribution in [0.2, 0.25) is 10.3 Å². The largest absolute Gasteiger partial charge is 0.365 e. The number of nitrogens with zero attached hydrogens (tertiary/aromatic N) is 4. The minimum Gasteiger partial charge on any atom is -0.365 e. The van der Waals surface area contributed by atoms with E-state index >= 15 is 0 Å². The summed E-state index contributed by atoms with van der Waals surface area (Å²) >= 11 is 14.1. The molecule has 0 spiro atoms. The van der Waals surface area contributed by atoms with Gasteiger partial charge in [0, 0.05) is 17.3 Å². The molecule has 13 heteroatoms. The van der Waals surface area contributed by atoms with Crippen molar-refractivity contribution in [1.29, 1.82) is 0 Å². The van der Waals surface area contributed by atoms with Gasteiger partial charge in [0.25, 0.3) is 0 Å². The van der Waals surface area contributed by atoms with Crippen LogP contribution in [0.5, 0.6) is 0 Å². The number of aromatic nitrogens is 4. The molecular formula is C26H36Cl2N5O4PS. The average Bonchev–Trinajstić information content (AvgIpc) is 3.49. The number of unbranched alkanes of at least 4 members (excludes halogenated alkanes) is 1. The van der Waals surface area contributed by atoms with Gasteiger partial charge in [-0.05, 0) is 63.3 Å². The van der Waals surface area contributed by atoms with Crippen molar-refractivity contribution in [3.63, 3.8) is 0 Å². The number of hydrogen-bond donors (Lipinski definition) is 1. The maximum absolute atomic E-state index is 13.3. The van der Waals surface area contributed by atoms with Crippen LogP contribution in [-0.2, 0) is 24.9 Å². The lowest BCUT2D eigenvalue weighted by atomic mass is 10.2. The van der Waals surface area contributed by atoms with E-state index in [1.807, 2.05) is 45.0 Å². The predicted octanol–water partition coefficient (Wildman–Crippen LogP) is 7.94. The Hall–Kier alpha value is -1.39. The molecular weight excluding hydrogens is 580 g/mol. The third-order valence-corrected chi connectivity index (χ3v) is 10.5. The van der Waals surface area contributed by atoms with Crippen molar-refractivity contribution in [3.05, 3.63) is 46.3 Å². The van der Waals surface area contributed by atoms with Gasteiger partial charge >= 0.3 is 7.60 Å². The standard InChI is InChI=1S/C26H36Cl2N5O4PS/c1-5-6-13-35-38(34,37-26(2,3)4)17-39-16-19-11-12-22(36-19)33-24-20(15-30-33)23(31-25(28)32-24)29-14-18-9-7-8-10-21(18)27/h7-10,15,19,22H,5-6,11-14,16-17H2,1-4H3,(H,29,31,32)/t19-,22+,38?/m0/s1. The smallest absolute Gasteiger partial charge is 0.340 e. The molecule has 1 aromatic carbocycles. The van der Waals surface area contributed by atoms with E-state index in [-0.39, 0.29) is 23.1 Å². The van der Waals surface area contributed by atoms with Crippen molar-refractivity contribution in [2.75, 3.05) is 23.2 Å². The Morgan fingerprint density at radius 1 is 1.23 bits per heavy atom. The van der Waals surface area contributed by atoms with Crippen molar-refractivity contribution in [3.8, 4) is 0 Å². The molecule has 0 amide bonds. The second kappa shape index (κ2) is 13.5. The highest BCUT2D eigenvalue weighted by Crippen LogP contribution is 2.54. The third kappa shape index (κ3) is 8.55. The summed E-state index contributed by atoms with van der Waals surface area (Å²) in [5.74, 6) is 1.25. The zero-order valence-electron chi connectivity index (χ0n) is 22.7. The van der Waals surface area contributed by atoms with Gasteiger partial charge < -0.3 is 19.1 Å². The fraction of sp³-hybridized carbons (Fsp3) is 0.577. The van der Waals surface area contributed by atoms with Crippen LogP contribution in [0.25, 0.3) is 11.0 Å². The molecule has 1 N–H and O–H groups in total. The molecule has 3 heterocycles. The number of hydrogen-bond acceptors (Lipinski definition) is 9. The summed E-state index contributed by atoms with van der Waals surface area (Å²) < 4.78 is 33.0. The molecule has 214 valence electrons. The Morgan fingerprint density at radius 3 is 2.77 bits per heavy atom. The zero-order valence-corrected chi connectivity index (χ0v) is 26.0. The van der Waals surface area contributed by atoms with Crippen LogP contribution in [0.1, 0.15) is 65.2 Å². The highest BCUT2D eigenvalue weighted by Gasteiger charge is 2.33. The molecule has 9 nitrogen and oxygen atoms in total. The van der Waals surface area contributed by atoms with Crippen molar-refractivity contribution >= 4 is 59.4 Å². The van der Waals surface area contributed by atoms with Crippen LogP contribution in [0.4, 0.5) is 5.82 Å². The fourth-order valence-electron chi connectivity index (χ4n) is 4.21. The van der Waals surface area contributed by atoms with Gasteiger partial charge in [-0.15, -0.1) is 11.8 Å². The van der Waals surface area contributed by atoms with Gasteiger partial charge in [-0.2, -0.15) is 15.1 Å². The Bertz CT molecular complexity index is 1310. The minimum absolute atomic E-state index is 0.0203. The second-order valence-electron chi connectivity index (χ2n) is 10.4. The number of fused-ring (bicyclic) bond motifs is 1. The van der Waals surface area contributed by atoms with Gasteiger partial charge in [0.2, 0.25) is 5.28 Å². The summed E-state index contributed by atoms with van der Waals surface area (Å²) in [6, 6.07) is 7.63. The van der Waals surface area contributed by atoms with E-state index in [1.54, 1.807) is 10.9 Å². The van der Waals surface area contributed by atoms with E-state index in [2.05, 4.69) is 27.3 Å². The molecule has 1 aliphatic heterocycles. The second-order valence-corrected chi connectivity index (χ2v) is 14.6. The summed E-state index contributed by atoms with van der Waals surface area (Å²) in [5.41, 5.74) is 1.28. The van der Waals surface area contributed by atoms with E-state index < -0.39 is 13.2 Å². The normalized spacial score (nSPS) is 19.4. The Morgan fingerprint density at radius 2 is 2.03 bits per heavy atom. The first-order valence-electron chi connectivity index (χ1n) is 13.1. The van der Waals surface area contributed by atoms with Crippen molar-refractivity contribution in [2.24, 2.45) is 0 Å². The van der Waals surface area contributed by atoms with Crippen LogP contribution in [0.3, 0.4) is 0 Å². The van der Waals surface area contributed by atoms with Gasteiger partial charge in [0.1, 0.15) is 5.82 Å². The Balaban J connectivity index is 1.38. The molecule has 1 aliphatic rings. The molecule has 1 unspecified atom stereocenters. The Labute approximate surface area is 244 Å². The first-order chi connectivity index (χ1) is 18.6. The molecule has 0 bridgehead atoms. The maximum atomic E-state index is 13.3. The molecule has 3 atom stereocenters. The fourth-order valence-corrected chi connectivity index (χ4v) is 8.20. The quantitative estimate of drug-likeness (QED) is 0.117. The maximum Gasteiger partial charge on any atom is 0.340 e. The van der Waals surface area contributed by atoms with Crippen LogP contribution >= 0.6 is 42.6 Å². The molecule has 0 aliphatic carbocycles. The molecule has 3 aromatic rings. The van der Waals surface area contributed by atoms with Crippen molar-refractivity contribution in [2.45, 2.75) is 77.9 Å². The Kier molecular flexibility index (Phi) is 10.6. The number of anilines is 1. The molecule has 0 saturated carbocycles. The van der Waals surface area contributed by atoms with Gasteiger partial charge in [-0.25, -0.2) is 4.68 Å². The van der Waals surface area contributed by atoms with E-state index in [4.69, 9.17) is 37.0 Å². The van der Waals surface area contributed by atoms with Gasteiger partial charge in [0.05, 0.1) is 35.4 Å². The SMILES string of the molecule is CCCCOP(=O)(CSC[C@@H]1CC[C@H](n2ncc3c(NCc4ccccc4Cl)nc(Cl)nc32)O1)OC(C)(C)C. The summed E-state index contributed by atoms with van der Waals surface area (Å²) in [6.07, 6.45) is 4.85. The highest BCUT2D eigenvalue weighted by atomic mass is 35.5. The first-order valence-corrected chi connectivity index (χ1v) is 16.8. The van der Waals surface area contributed by atoms with Gasteiger partial charge in [-0.3, -0.25) is 4.57 Å². The van der Waals surface area contributed by atoms with Crippen LogP contribution in [-0.4, -0.2) is 49.3 Å². The highest BCUT2D eigenvalue weighted by molar-refractivity contribution is 8.04. The lowest BCUT2D eigenvalue weighted by Crippen LogP contribution is -2.19. The number of nitrogens with one attached hydrogen (secondary N) is 1. The summed E-state index contributed by atoms with van der Waals surface area (Å²) in [7, 11) is -3.22. The molecule has 39 heavy (non-hydrogen) atoms. The summed E-state index contributed by atoms with van der Waals surface area (Å²) in [6.45, 7) is 8.65. The lowest BCUT2D eigenvalue weighted by Gasteiger charge is -2.27.